The molecular formula is C15H14N4O. The van der Waals surface area contributed by atoms with Crippen LogP contribution in [0.4, 0.5) is 0 Å². The minimum absolute atomic E-state index is 0.219. The third-order valence-electron chi connectivity index (χ3n) is 3.23. The van der Waals surface area contributed by atoms with Crippen LogP contribution >= 0.6 is 0 Å². The average molecular weight is 266 g/mol. The summed E-state index contributed by atoms with van der Waals surface area (Å²) < 4.78 is 0. The first-order chi connectivity index (χ1) is 9.56. The summed E-state index contributed by atoms with van der Waals surface area (Å²) in [5, 5.41) is 6.92. The molecular weight excluding hydrogens is 252 g/mol. The van der Waals surface area contributed by atoms with Gasteiger partial charge in [-0.2, -0.15) is 5.10 Å². The molecule has 0 amide bonds. The summed E-state index contributed by atoms with van der Waals surface area (Å²) in [5.74, 6) is 0.557. The molecule has 0 spiro atoms. The molecule has 0 unspecified atom stereocenters. The van der Waals surface area contributed by atoms with E-state index in [1.54, 1.807) is 6.92 Å². The molecule has 5 nitrogen and oxygen atoms in total. The zero-order valence-electron chi connectivity index (χ0n) is 11.3. The fourth-order valence-corrected chi connectivity index (χ4v) is 2.13. The first kappa shape index (κ1) is 12.3. The SMILES string of the molecule is C=C(c1ccc(C)cc1)c1n[nH]c2c(=O)[nH]c(C)nc12. The van der Waals surface area contributed by atoms with E-state index in [2.05, 4.69) is 26.7 Å². The lowest BCUT2D eigenvalue weighted by atomic mass is 10.0. The second kappa shape index (κ2) is 4.45. The van der Waals surface area contributed by atoms with Gasteiger partial charge in [-0.1, -0.05) is 36.4 Å². The molecule has 0 saturated carbocycles. The third-order valence-corrected chi connectivity index (χ3v) is 3.23. The molecule has 0 saturated heterocycles. The smallest absolute Gasteiger partial charge is 0.276 e. The van der Waals surface area contributed by atoms with Crippen molar-refractivity contribution in [3.05, 3.63) is 63.8 Å². The van der Waals surface area contributed by atoms with Crippen LogP contribution in [0.1, 0.15) is 22.6 Å². The van der Waals surface area contributed by atoms with Crippen LogP contribution in [0.5, 0.6) is 0 Å². The number of aryl methyl sites for hydroxylation is 2. The molecule has 2 N–H and O–H groups in total. The van der Waals surface area contributed by atoms with E-state index < -0.39 is 0 Å². The van der Waals surface area contributed by atoms with E-state index in [1.165, 1.54) is 5.56 Å². The molecule has 1 aromatic carbocycles. The average Bonchev–Trinajstić information content (AvgIpc) is 2.82. The van der Waals surface area contributed by atoms with Gasteiger partial charge in [-0.3, -0.25) is 9.89 Å². The maximum Gasteiger partial charge on any atom is 0.276 e. The lowest BCUT2D eigenvalue weighted by Gasteiger charge is -2.03. The van der Waals surface area contributed by atoms with Crippen molar-refractivity contribution in [2.24, 2.45) is 0 Å². The Kier molecular flexibility index (Phi) is 2.75. The Hall–Kier alpha value is -2.69. The van der Waals surface area contributed by atoms with Crippen molar-refractivity contribution in [2.45, 2.75) is 13.8 Å². The molecule has 0 bridgehead atoms. The molecule has 2 aromatic heterocycles. The predicted octanol–water partition coefficient (Wildman–Crippen LogP) is 2.32. The van der Waals surface area contributed by atoms with Crippen molar-refractivity contribution in [2.75, 3.05) is 0 Å². The van der Waals surface area contributed by atoms with E-state index in [4.69, 9.17) is 0 Å². The number of hydrogen-bond acceptors (Lipinski definition) is 3. The monoisotopic (exact) mass is 266 g/mol. The summed E-state index contributed by atoms with van der Waals surface area (Å²) in [7, 11) is 0. The van der Waals surface area contributed by atoms with Gasteiger partial charge in [0.15, 0.2) is 0 Å². The Morgan fingerprint density at radius 3 is 2.60 bits per heavy atom. The fourth-order valence-electron chi connectivity index (χ4n) is 2.13. The van der Waals surface area contributed by atoms with Gasteiger partial charge in [0, 0.05) is 5.57 Å². The van der Waals surface area contributed by atoms with Gasteiger partial charge in [-0.05, 0) is 19.4 Å². The zero-order chi connectivity index (χ0) is 14.3. The largest absolute Gasteiger partial charge is 0.309 e. The highest BCUT2D eigenvalue weighted by atomic mass is 16.1. The molecule has 5 heteroatoms. The van der Waals surface area contributed by atoms with Gasteiger partial charge < -0.3 is 4.98 Å². The number of hydrogen-bond donors (Lipinski definition) is 2. The standard InChI is InChI=1S/C15H14N4O/c1-8-4-6-11(7-5-8)9(2)12-13-14(19-18-12)15(20)17-10(3)16-13/h4-7H,2H2,1,3H3,(H,18,19)(H,16,17,20). The zero-order valence-corrected chi connectivity index (χ0v) is 11.3. The molecule has 0 atom stereocenters. The molecule has 2 heterocycles. The van der Waals surface area contributed by atoms with Crippen molar-refractivity contribution in [3.8, 4) is 0 Å². The summed E-state index contributed by atoms with van der Waals surface area (Å²) in [4.78, 5) is 18.8. The Bertz CT molecular complexity index is 856. The fraction of sp³-hybridized carbons (Fsp3) is 0.133. The van der Waals surface area contributed by atoms with Crippen LogP contribution < -0.4 is 5.56 Å². The van der Waals surface area contributed by atoms with Crippen molar-refractivity contribution in [1.82, 2.24) is 20.2 Å². The number of nitrogens with zero attached hydrogens (tertiary/aromatic N) is 2. The van der Waals surface area contributed by atoms with E-state index in [1.807, 2.05) is 31.2 Å². The third kappa shape index (κ3) is 1.93. The van der Waals surface area contributed by atoms with E-state index >= 15 is 0 Å². The number of H-pyrrole nitrogens is 2. The van der Waals surface area contributed by atoms with Crippen molar-refractivity contribution >= 4 is 16.6 Å². The van der Waals surface area contributed by atoms with Gasteiger partial charge in [-0.25, -0.2) is 4.98 Å². The molecule has 0 aliphatic heterocycles. The van der Waals surface area contributed by atoms with Gasteiger partial charge in [0.25, 0.3) is 5.56 Å². The summed E-state index contributed by atoms with van der Waals surface area (Å²) >= 11 is 0. The Balaban J connectivity index is 2.17. The second-order valence-electron chi connectivity index (χ2n) is 4.79. The molecule has 20 heavy (non-hydrogen) atoms. The molecule has 0 aliphatic rings. The lowest BCUT2D eigenvalue weighted by Crippen LogP contribution is -2.09. The summed E-state index contributed by atoms with van der Waals surface area (Å²) in [6, 6.07) is 8.00. The van der Waals surface area contributed by atoms with E-state index in [-0.39, 0.29) is 5.56 Å². The predicted molar refractivity (Wildman–Crippen MR) is 78.6 cm³/mol. The summed E-state index contributed by atoms with van der Waals surface area (Å²) in [6.45, 7) is 7.84. The van der Waals surface area contributed by atoms with Crippen molar-refractivity contribution < 1.29 is 0 Å². The van der Waals surface area contributed by atoms with Gasteiger partial charge in [0.2, 0.25) is 0 Å². The van der Waals surface area contributed by atoms with Gasteiger partial charge >= 0.3 is 0 Å². The number of fused-ring (bicyclic) bond motifs is 1. The normalized spacial score (nSPS) is 10.9. The molecule has 0 fully saturated rings. The molecule has 0 radical (unpaired) electrons. The van der Waals surface area contributed by atoms with Gasteiger partial charge in [-0.15, -0.1) is 0 Å². The highest BCUT2D eigenvalue weighted by molar-refractivity contribution is 5.91. The number of aromatic nitrogens is 4. The van der Waals surface area contributed by atoms with Crippen LogP contribution in [0.25, 0.3) is 16.6 Å². The first-order valence-electron chi connectivity index (χ1n) is 6.27. The Morgan fingerprint density at radius 1 is 1.20 bits per heavy atom. The molecule has 0 aliphatic carbocycles. The number of nitrogens with one attached hydrogen (secondary N) is 2. The maximum absolute atomic E-state index is 11.8. The molecule has 3 aromatic rings. The van der Waals surface area contributed by atoms with Crippen LogP contribution in [0.15, 0.2) is 35.6 Å². The summed E-state index contributed by atoms with van der Waals surface area (Å²) in [6.07, 6.45) is 0. The minimum Gasteiger partial charge on any atom is -0.309 e. The van der Waals surface area contributed by atoms with Gasteiger partial charge in [0.1, 0.15) is 22.6 Å². The molecule has 3 rings (SSSR count). The summed E-state index contributed by atoms with van der Waals surface area (Å²) in [5.41, 5.74) is 4.20. The number of rotatable bonds is 2. The first-order valence-corrected chi connectivity index (χ1v) is 6.27. The van der Waals surface area contributed by atoms with Crippen molar-refractivity contribution in [1.29, 1.82) is 0 Å². The highest BCUT2D eigenvalue weighted by Gasteiger charge is 2.14. The quantitative estimate of drug-likeness (QED) is 0.747. The van der Waals surface area contributed by atoms with Crippen LogP contribution in [0, 0.1) is 13.8 Å². The lowest BCUT2D eigenvalue weighted by molar-refractivity contribution is 1.05. The second-order valence-corrected chi connectivity index (χ2v) is 4.79. The van der Waals surface area contributed by atoms with E-state index in [9.17, 15) is 4.79 Å². The highest BCUT2D eigenvalue weighted by Crippen LogP contribution is 2.24. The van der Waals surface area contributed by atoms with Gasteiger partial charge in [0.05, 0.1) is 0 Å². The van der Waals surface area contributed by atoms with Crippen LogP contribution in [0.3, 0.4) is 0 Å². The van der Waals surface area contributed by atoms with Crippen molar-refractivity contribution in [3.63, 3.8) is 0 Å². The minimum atomic E-state index is -0.219. The van der Waals surface area contributed by atoms with E-state index in [0.29, 0.717) is 22.6 Å². The van der Waals surface area contributed by atoms with Crippen LogP contribution in [0.2, 0.25) is 0 Å². The van der Waals surface area contributed by atoms with Crippen LogP contribution in [-0.2, 0) is 0 Å². The molecule has 100 valence electrons. The van der Waals surface area contributed by atoms with E-state index in [0.717, 1.165) is 11.1 Å². The Labute approximate surface area is 115 Å². The van der Waals surface area contributed by atoms with Crippen LogP contribution in [-0.4, -0.2) is 20.2 Å². The number of benzene rings is 1. The number of aromatic amines is 2. The maximum atomic E-state index is 11.8. The Morgan fingerprint density at radius 2 is 1.90 bits per heavy atom. The topological polar surface area (TPSA) is 74.4 Å².